The van der Waals surface area contributed by atoms with Crippen LogP contribution in [0.5, 0.6) is 0 Å². The summed E-state index contributed by atoms with van der Waals surface area (Å²) < 4.78 is 52.6. The molecule has 8 heteroatoms. The summed E-state index contributed by atoms with van der Waals surface area (Å²) in [4.78, 5) is 10.5. The van der Waals surface area contributed by atoms with Gasteiger partial charge < -0.3 is 5.11 Å². The van der Waals surface area contributed by atoms with Crippen molar-refractivity contribution < 1.29 is 27.1 Å². The Morgan fingerprint density at radius 3 is 2.35 bits per heavy atom. The number of carboxylic acid groups (broad SMARTS) is 1. The van der Waals surface area contributed by atoms with E-state index in [1.165, 1.54) is 0 Å². The minimum atomic E-state index is -4.37. The lowest BCUT2D eigenvalue weighted by Crippen LogP contribution is -2.52. The van der Waals surface area contributed by atoms with E-state index in [-0.39, 0.29) is 12.8 Å². The molecule has 0 aromatic heterocycles. The van der Waals surface area contributed by atoms with Crippen molar-refractivity contribution in [3.63, 3.8) is 0 Å². The minimum absolute atomic E-state index is 0.143. The van der Waals surface area contributed by atoms with Crippen molar-refractivity contribution in [1.29, 1.82) is 0 Å². The molecule has 1 aliphatic carbocycles. The van der Waals surface area contributed by atoms with Crippen LogP contribution in [0.3, 0.4) is 0 Å². The number of benzene rings is 1. The van der Waals surface area contributed by atoms with Crippen LogP contribution in [0.1, 0.15) is 25.7 Å². The molecular formula is C12H13F2NO4S. The molecule has 0 aliphatic heterocycles. The maximum Gasteiger partial charge on any atom is 0.324 e. The van der Waals surface area contributed by atoms with E-state index < -0.39 is 38.1 Å². The van der Waals surface area contributed by atoms with Gasteiger partial charge in [-0.3, -0.25) is 4.79 Å². The predicted octanol–water partition coefficient (Wildman–Crippen LogP) is 1.64. The average Bonchev–Trinajstić information content (AvgIpc) is 2.77. The summed E-state index contributed by atoms with van der Waals surface area (Å²) in [6.45, 7) is 0. The Bertz CT molecular complexity index is 639. The van der Waals surface area contributed by atoms with Crippen LogP contribution in [-0.4, -0.2) is 25.0 Å². The number of carbonyl (C=O) groups is 1. The van der Waals surface area contributed by atoms with Gasteiger partial charge in [-0.2, -0.15) is 4.72 Å². The number of hydrogen-bond donors (Lipinski definition) is 2. The Kier molecular flexibility index (Phi) is 3.79. The maximum atomic E-state index is 13.5. The summed E-state index contributed by atoms with van der Waals surface area (Å²) >= 11 is 0. The highest BCUT2D eigenvalue weighted by Crippen LogP contribution is 2.32. The number of nitrogens with one attached hydrogen (secondary N) is 1. The zero-order valence-corrected chi connectivity index (χ0v) is 11.2. The summed E-state index contributed by atoms with van der Waals surface area (Å²) in [6.07, 6.45) is 1.43. The van der Waals surface area contributed by atoms with Crippen molar-refractivity contribution in [1.82, 2.24) is 4.72 Å². The standard InChI is InChI=1S/C12H13F2NO4S/c13-8-3-4-10(9(14)7-8)20(18,19)15-12(11(16)17)5-1-2-6-12/h3-4,7,15H,1-2,5-6H2,(H,16,17). The zero-order valence-electron chi connectivity index (χ0n) is 10.4. The van der Waals surface area contributed by atoms with E-state index in [9.17, 15) is 27.1 Å². The lowest BCUT2D eigenvalue weighted by Gasteiger charge is -2.25. The minimum Gasteiger partial charge on any atom is -0.480 e. The van der Waals surface area contributed by atoms with E-state index >= 15 is 0 Å². The van der Waals surface area contributed by atoms with Crippen LogP contribution in [-0.2, 0) is 14.8 Å². The molecule has 110 valence electrons. The second-order valence-electron chi connectivity index (χ2n) is 4.77. The van der Waals surface area contributed by atoms with Crippen molar-refractivity contribution in [3.05, 3.63) is 29.8 Å². The van der Waals surface area contributed by atoms with Gasteiger partial charge in [0.15, 0.2) is 0 Å². The number of carboxylic acids is 1. The van der Waals surface area contributed by atoms with Crippen LogP contribution in [0.25, 0.3) is 0 Å². The molecule has 1 fully saturated rings. The highest BCUT2D eigenvalue weighted by Gasteiger charge is 2.45. The number of rotatable bonds is 4. The van der Waals surface area contributed by atoms with Gasteiger partial charge in [-0.1, -0.05) is 12.8 Å². The molecule has 20 heavy (non-hydrogen) atoms. The van der Waals surface area contributed by atoms with Gasteiger partial charge in [0.25, 0.3) is 0 Å². The van der Waals surface area contributed by atoms with Gasteiger partial charge in [-0.15, -0.1) is 0 Å². The van der Waals surface area contributed by atoms with Crippen LogP contribution in [0, 0.1) is 11.6 Å². The van der Waals surface area contributed by atoms with E-state index in [1.54, 1.807) is 0 Å². The zero-order chi connectivity index (χ0) is 15.0. The normalized spacial score (nSPS) is 18.1. The van der Waals surface area contributed by atoms with E-state index in [1.807, 2.05) is 0 Å². The third kappa shape index (κ3) is 2.66. The van der Waals surface area contributed by atoms with Crippen molar-refractivity contribution in [2.75, 3.05) is 0 Å². The van der Waals surface area contributed by atoms with Gasteiger partial charge in [-0.05, 0) is 25.0 Å². The van der Waals surface area contributed by atoms with Crippen LogP contribution in [0.2, 0.25) is 0 Å². The van der Waals surface area contributed by atoms with Gasteiger partial charge in [0, 0.05) is 6.07 Å². The molecule has 1 aromatic carbocycles. The van der Waals surface area contributed by atoms with Crippen molar-refractivity contribution in [3.8, 4) is 0 Å². The molecule has 1 aromatic rings. The molecule has 1 saturated carbocycles. The number of sulfonamides is 1. The molecule has 0 saturated heterocycles. The van der Waals surface area contributed by atoms with Gasteiger partial charge in [0.05, 0.1) is 0 Å². The van der Waals surface area contributed by atoms with Crippen LogP contribution in [0.4, 0.5) is 8.78 Å². The van der Waals surface area contributed by atoms with E-state index in [0.29, 0.717) is 18.9 Å². The smallest absolute Gasteiger partial charge is 0.324 e. The van der Waals surface area contributed by atoms with Gasteiger partial charge in [0.2, 0.25) is 10.0 Å². The number of halogens is 2. The summed E-state index contributed by atoms with van der Waals surface area (Å²) in [6, 6.07) is 2.02. The van der Waals surface area contributed by atoms with E-state index in [4.69, 9.17) is 0 Å². The first-order valence-corrected chi connectivity index (χ1v) is 7.48. The monoisotopic (exact) mass is 305 g/mol. The number of aliphatic carboxylic acids is 1. The Balaban J connectivity index is 2.38. The summed E-state index contributed by atoms with van der Waals surface area (Å²) in [7, 11) is -4.37. The lowest BCUT2D eigenvalue weighted by atomic mass is 10.0. The third-order valence-corrected chi connectivity index (χ3v) is 4.95. The quantitative estimate of drug-likeness (QED) is 0.886. The average molecular weight is 305 g/mol. The molecule has 0 radical (unpaired) electrons. The van der Waals surface area contributed by atoms with Crippen molar-refractivity contribution in [2.45, 2.75) is 36.1 Å². The Morgan fingerprint density at radius 1 is 1.25 bits per heavy atom. The fourth-order valence-electron chi connectivity index (χ4n) is 2.34. The fraction of sp³-hybridized carbons (Fsp3) is 0.417. The largest absolute Gasteiger partial charge is 0.480 e. The molecule has 0 unspecified atom stereocenters. The molecule has 1 aliphatic rings. The third-order valence-electron chi connectivity index (χ3n) is 3.38. The molecule has 0 atom stereocenters. The van der Waals surface area contributed by atoms with Crippen LogP contribution < -0.4 is 4.72 Å². The Morgan fingerprint density at radius 2 is 1.85 bits per heavy atom. The number of hydrogen-bond acceptors (Lipinski definition) is 3. The first kappa shape index (κ1) is 14.9. The van der Waals surface area contributed by atoms with Crippen molar-refractivity contribution >= 4 is 16.0 Å². The second kappa shape index (κ2) is 5.10. The van der Waals surface area contributed by atoms with Crippen molar-refractivity contribution in [2.24, 2.45) is 0 Å². The Labute approximate surface area is 114 Å². The Hall–Kier alpha value is -1.54. The fourth-order valence-corrected chi connectivity index (χ4v) is 3.82. The molecule has 0 amide bonds. The highest BCUT2D eigenvalue weighted by molar-refractivity contribution is 7.89. The molecule has 5 nitrogen and oxygen atoms in total. The van der Waals surface area contributed by atoms with Gasteiger partial charge in [-0.25, -0.2) is 17.2 Å². The lowest BCUT2D eigenvalue weighted by molar-refractivity contribution is -0.143. The van der Waals surface area contributed by atoms with E-state index in [2.05, 4.69) is 4.72 Å². The van der Waals surface area contributed by atoms with Crippen LogP contribution in [0.15, 0.2) is 23.1 Å². The molecule has 0 spiro atoms. The maximum absolute atomic E-state index is 13.5. The molecular weight excluding hydrogens is 292 g/mol. The first-order valence-electron chi connectivity index (χ1n) is 5.99. The molecule has 0 heterocycles. The summed E-state index contributed by atoms with van der Waals surface area (Å²) in [5.41, 5.74) is -1.61. The summed E-state index contributed by atoms with van der Waals surface area (Å²) in [5, 5.41) is 9.21. The predicted molar refractivity (Wildman–Crippen MR) is 65.5 cm³/mol. The second-order valence-corrected chi connectivity index (χ2v) is 6.43. The van der Waals surface area contributed by atoms with E-state index in [0.717, 1.165) is 12.1 Å². The molecule has 2 N–H and O–H groups in total. The highest BCUT2D eigenvalue weighted by atomic mass is 32.2. The molecule has 0 bridgehead atoms. The van der Waals surface area contributed by atoms with Crippen LogP contribution >= 0.6 is 0 Å². The first-order chi connectivity index (χ1) is 9.27. The summed E-state index contributed by atoms with van der Waals surface area (Å²) in [5.74, 6) is -3.45. The van der Waals surface area contributed by atoms with Gasteiger partial charge >= 0.3 is 5.97 Å². The topological polar surface area (TPSA) is 83.5 Å². The SMILES string of the molecule is O=C(O)C1(NS(=O)(=O)c2ccc(F)cc2F)CCCC1. The van der Waals surface area contributed by atoms with Gasteiger partial charge in [0.1, 0.15) is 22.1 Å². The molecule has 2 rings (SSSR count).